The molecule has 3 rings (SSSR count). The molecule has 0 radical (unpaired) electrons. The van der Waals surface area contributed by atoms with Crippen LogP contribution in [-0.4, -0.2) is 21.5 Å². The summed E-state index contributed by atoms with van der Waals surface area (Å²) in [4.78, 5) is 37.5. The van der Waals surface area contributed by atoms with E-state index in [9.17, 15) is 19.7 Å². The van der Waals surface area contributed by atoms with Crippen LogP contribution in [0.5, 0.6) is 0 Å². The molecule has 0 spiro atoms. The number of benzene rings is 2. The minimum Gasteiger partial charge on any atom is -0.352 e. The zero-order chi connectivity index (χ0) is 18.0. The molecule has 0 amide bonds. The van der Waals surface area contributed by atoms with Gasteiger partial charge in [-0.2, -0.15) is 0 Å². The second kappa shape index (κ2) is 6.86. The molecule has 0 atom stereocenters. The number of non-ortho nitro benzene ring substituents is 1. The van der Waals surface area contributed by atoms with Gasteiger partial charge < -0.3 is 4.98 Å². The minimum absolute atomic E-state index is 0.0345. The number of aromatic nitrogens is 1. The van der Waals surface area contributed by atoms with E-state index in [0.717, 1.165) is 10.9 Å². The number of nitro groups is 1. The second-order valence-electron chi connectivity index (χ2n) is 5.56. The molecule has 0 aliphatic heterocycles. The lowest BCUT2D eigenvalue weighted by Gasteiger charge is -2.00. The van der Waals surface area contributed by atoms with Crippen molar-refractivity contribution in [2.24, 2.45) is 0 Å². The second-order valence-corrected chi connectivity index (χ2v) is 6.00. The fourth-order valence-electron chi connectivity index (χ4n) is 2.53. The van der Waals surface area contributed by atoms with Crippen LogP contribution in [0.15, 0.2) is 48.5 Å². The first-order valence-electron chi connectivity index (χ1n) is 7.53. The van der Waals surface area contributed by atoms with Crippen molar-refractivity contribution in [3.05, 3.63) is 74.9 Å². The molecule has 0 saturated heterocycles. The van der Waals surface area contributed by atoms with Crippen molar-refractivity contribution in [3.8, 4) is 0 Å². The highest BCUT2D eigenvalue weighted by atomic mass is 35.5. The SMILES string of the molecule is O=C(CCC(=O)c1cc2cc(Cl)ccc2[nH]1)c1ccc([N+](=O)[O-])cc1. The molecule has 1 aromatic heterocycles. The molecule has 0 aliphatic rings. The fraction of sp³-hybridized carbons (Fsp3) is 0.111. The van der Waals surface area contributed by atoms with Crippen LogP contribution in [0.25, 0.3) is 10.9 Å². The first-order valence-corrected chi connectivity index (χ1v) is 7.91. The highest BCUT2D eigenvalue weighted by Crippen LogP contribution is 2.21. The molecule has 25 heavy (non-hydrogen) atoms. The monoisotopic (exact) mass is 356 g/mol. The van der Waals surface area contributed by atoms with E-state index in [-0.39, 0.29) is 30.1 Å². The third-order valence-corrected chi connectivity index (χ3v) is 4.10. The Balaban J connectivity index is 1.66. The van der Waals surface area contributed by atoms with Crippen LogP contribution in [-0.2, 0) is 0 Å². The summed E-state index contributed by atoms with van der Waals surface area (Å²) in [6, 6.07) is 12.3. The van der Waals surface area contributed by atoms with Crippen LogP contribution in [0.4, 0.5) is 5.69 Å². The normalized spacial score (nSPS) is 10.8. The number of halogens is 1. The molecule has 6 nitrogen and oxygen atoms in total. The number of nitro benzene ring substituents is 1. The van der Waals surface area contributed by atoms with E-state index in [4.69, 9.17) is 11.6 Å². The maximum atomic E-state index is 12.3. The highest BCUT2D eigenvalue weighted by Gasteiger charge is 2.14. The van der Waals surface area contributed by atoms with Gasteiger partial charge in [0.1, 0.15) is 0 Å². The molecule has 0 aliphatic carbocycles. The number of ketones is 2. The Morgan fingerprint density at radius 3 is 2.36 bits per heavy atom. The third-order valence-electron chi connectivity index (χ3n) is 3.86. The number of H-pyrrole nitrogens is 1. The van der Waals surface area contributed by atoms with Crippen LogP contribution >= 0.6 is 11.6 Å². The van der Waals surface area contributed by atoms with Crippen molar-refractivity contribution in [2.45, 2.75) is 12.8 Å². The molecule has 2 aromatic carbocycles. The van der Waals surface area contributed by atoms with Crippen molar-refractivity contribution in [3.63, 3.8) is 0 Å². The van der Waals surface area contributed by atoms with Crippen molar-refractivity contribution in [1.82, 2.24) is 4.98 Å². The standard InChI is InChI=1S/C18H13ClN2O4/c19-13-3-6-15-12(9-13)10-16(20-15)18(23)8-7-17(22)11-1-4-14(5-2-11)21(24)25/h1-6,9-10,20H,7-8H2. The molecule has 0 bridgehead atoms. The summed E-state index contributed by atoms with van der Waals surface area (Å²) in [5, 5.41) is 12.0. The number of hydrogen-bond donors (Lipinski definition) is 1. The van der Waals surface area contributed by atoms with Crippen LogP contribution in [0.3, 0.4) is 0 Å². The molecule has 0 saturated carbocycles. The molecular weight excluding hydrogens is 344 g/mol. The Bertz CT molecular complexity index is 976. The van der Waals surface area contributed by atoms with Gasteiger partial charge in [-0.3, -0.25) is 19.7 Å². The summed E-state index contributed by atoms with van der Waals surface area (Å²) in [5.74, 6) is -0.412. The smallest absolute Gasteiger partial charge is 0.269 e. The number of nitrogens with one attached hydrogen (secondary N) is 1. The minimum atomic E-state index is -0.528. The predicted octanol–water partition coefficient (Wildman–Crippen LogP) is 4.58. The summed E-state index contributed by atoms with van der Waals surface area (Å²) < 4.78 is 0. The summed E-state index contributed by atoms with van der Waals surface area (Å²) >= 11 is 5.92. The first-order chi connectivity index (χ1) is 11.9. The van der Waals surface area contributed by atoms with Crippen molar-refractivity contribution in [2.75, 3.05) is 0 Å². The lowest BCUT2D eigenvalue weighted by Crippen LogP contribution is -2.05. The molecule has 1 N–H and O–H groups in total. The Hall–Kier alpha value is -2.99. The first kappa shape index (κ1) is 16.9. The molecule has 1 heterocycles. The zero-order valence-electron chi connectivity index (χ0n) is 13.0. The Morgan fingerprint density at radius 2 is 1.68 bits per heavy atom. The van der Waals surface area contributed by atoms with Gasteiger partial charge in [-0.05, 0) is 36.4 Å². The predicted molar refractivity (Wildman–Crippen MR) is 94.3 cm³/mol. The zero-order valence-corrected chi connectivity index (χ0v) is 13.7. The number of carbonyl (C=O) groups is 2. The summed E-state index contributed by atoms with van der Waals surface area (Å²) in [6.45, 7) is 0. The molecule has 7 heteroatoms. The summed E-state index contributed by atoms with van der Waals surface area (Å²) in [6.07, 6.45) is 0.0864. The largest absolute Gasteiger partial charge is 0.352 e. The lowest BCUT2D eigenvalue weighted by atomic mass is 10.0. The van der Waals surface area contributed by atoms with Crippen molar-refractivity contribution in [1.29, 1.82) is 0 Å². The average Bonchev–Trinajstić information content (AvgIpc) is 3.02. The van der Waals surface area contributed by atoms with Crippen molar-refractivity contribution >= 4 is 39.8 Å². The van der Waals surface area contributed by atoms with Crippen LogP contribution in [0, 0.1) is 10.1 Å². The van der Waals surface area contributed by atoms with E-state index in [1.807, 2.05) is 0 Å². The van der Waals surface area contributed by atoms with Crippen LogP contribution < -0.4 is 0 Å². The molecule has 0 unspecified atom stereocenters. The number of nitrogens with zero attached hydrogens (tertiary/aromatic N) is 1. The van der Waals surface area contributed by atoms with E-state index in [2.05, 4.69) is 4.98 Å². The molecule has 0 fully saturated rings. The highest BCUT2D eigenvalue weighted by molar-refractivity contribution is 6.31. The Labute approximate surface area is 147 Å². The number of fused-ring (bicyclic) bond motifs is 1. The lowest BCUT2D eigenvalue weighted by molar-refractivity contribution is -0.384. The van der Waals surface area contributed by atoms with Crippen LogP contribution in [0.2, 0.25) is 5.02 Å². The van der Waals surface area contributed by atoms with Gasteiger partial charge in [0.2, 0.25) is 0 Å². The number of hydrogen-bond acceptors (Lipinski definition) is 4. The van der Waals surface area contributed by atoms with Gasteiger partial charge in [-0.25, -0.2) is 0 Å². The number of Topliss-reactive ketones (excluding diaryl/α,β-unsaturated/α-hetero) is 2. The van der Waals surface area contributed by atoms with E-state index in [1.165, 1.54) is 24.3 Å². The maximum absolute atomic E-state index is 12.3. The summed E-state index contributed by atoms with van der Waals surface area (Å²) in [5.41, 5.74) is 1.49. The third kappa shape index (κ3) is 3.75. The van der Waals surface area contributed by atoms with E-state index < -0.39 is 4.92 Å². The number of carbonyl (C=O) groups excluding carboxylic acids is 2. The maximum Gasteiger partial charge on any atom is 0.269 e. The average molecular weight is 357 g/mol. The Morgan fingerprint density at radius 1 is 1.00 bits per heavy atom. The van der Waals surface area contributed by atoms with Gasteiger partial charge in [-0.15, -0.1) is 0 Å². The molecule has 126 valence electrons. The summed E-state index contributed by atoms with van der Waals surface area (Å²) in [7, 11) is 0. The topological polar surface area (TPSA) is 93.1 Å². The van der Waals surface area contributed by atoms with Gasteiger partial charge in [0.05, 0.1) is 10.6 Å². The number of aromatic amines is 1. The van der Waals surface area contributed by atoms with Gasteiger partial charge in [0, 0.05) is 46.5 Å². The van der Waals surface area contributed by atoms with E-state index in [0.29, 0.717) is 16.3 Å². The molecule has 3 aromatic rings. The van der Waals surface area contributed by atoms with Gasteiger partial charge in [0.25, 0.3) is 5.69 Å². The quantitative estimate of drug-likeness (QED) is 0.397. The van der Waals surface area contributed by atoms with Crippen LogP contribution in [0.1, 0.15) is 33.7 Å². The van der Waals surface area contributed by atoms with Gasteiger partial charge >= 0.3 is 0 Å². The van der Waals surface area contributed by atoms with Gasteiger partial charge in [-0.1, -0.05) is 11.6 Å². The number of rotatable bonds is 6. The fourth-order valence-corrected chi connectivity index (χ4v) is 2.71. The van der Waals surface area contributed by atoms with Gasteiger partial charge in [0.15, 0.2) is 11.6 Å². The van der Waals surface area contributed by atoms with E-state index in [1.54, 1.807) is 24.3 Å². The molecular formula is C18H13ClN2O4. The van der Waals surface area contributed by atoms with Crippen molar-refractivity contribution < 1.29 is 14.5 Å². The Kier molecular flexibility index (Phi) is 4.63. The van der Waals surface area contributed by atoms with E-state index >= 15 is 0 Å².